The Bertz CT molecular complexity index is 657. The summed E-state index contributed by atoms with van der Waals surface area (Å²) in [5, 5.41) is 2.77. The van der Waals surface area contributed by atoms with Gasteiger partial charge in [-0.25, -0.2) is 9.37 Å². The topological polar surface area (TPSA) is 93.0 Å². The van der Waals surface area contributed by atoms with Crippen molar-refractivity contribution in [3.63, 3.8) is 0 Å². The third-order valence-corrected chi connectivity index (χ3v) is 3.59. The maximum Gasteiger partial charge on any atom is 0.249 e. The molecule has 1 amide bonds. The molecule has 0 radical (unpaired) electrons. The number of benzene rings is 1. The highest BCUT2D eigenvalue weighted by atomic mass is 19.1. The van der Waals surface area contributed by atoms with Crippen LogP contribution >= 0.6 is 0 Å². The van der Waals surface area contributed by atoms with Crippen molar-refractivity contribution in [2.24, 2.45) is 5.73 Å². The van der Waals surface area contributed by atoms with Gasteiger partial charge in [-0.1, -0.05) is 0 Å². The smallest absolute Gasteiger partial charge is 0.249 e. The molecule has 0 unspecified atom stereocenters. The van der Waals surface area contributed by atoms with E-state index in [0.717, 1.165) is 6.42 Å². The molecule has 0 spiro atoms. The van der Waals surface area contributed by atoms with Crippen molar-refractivity contribution >= 4 is 16.9 Å². The number of nitrogens with two attached hydrogens (primary N) is 1. The van der Waals surface area contributed by atoms with Crippen molar-refractivity contribution < 1.29 is 13.9 Å². The second-order valence-electron chi connectivity index (χ2n) is 5.12. The molecule has 4 N–H and O–H groups in total. The first kappa shape index (κ1) is 14.0. The van der Waals surface area contributed by atoms with Crippen molar-refractivity contribution in [2.75, 3.05) is 6.54 Å². The lowest BCUT2D eigenvalue weighted by molar-refractivity contribution is -0.132. The van der Waals surface area contributed by atoms with Gasteiger partial charge in [0, 0.05) is 6.54 Å². The molecule has 1 aromatic carbocycles. The van der Waals surface area contributed by atoms with Crippen LogP contribution in [0.5, 0.6) is 0 Å². The molecule has 112 valence electrons. The Morgan fingerprint density at radius 3 is 3.14 bits per heavy atom. The number of aromatic amines is 1. The zero-order valence-electron chi connectivity index (χ0n) is 11.4. The van der Waals surface area contributed by atoms with Crippen molar-refractivity contribution in [2.45, 2.75) is 31.6 Å². The fourth-order valence-electron chi connectivity index (χ4n) is 2.48. The number of carbonyl (C=O) groups excluding carboxylic acids is 1. The van der Waals surface area contributed by atoms with Gasteiger partial charge in [0.2, 0.25) is 5.91 Å². The number of amides is 1. The zero-order chi connectivity index (χ0) is 14.8. The Morgan fingerprint density at radius 1 is 1.52 bits per heavy atom. The van der Waals surface area contributed by atoms with E-state index >= 15 is 0 Å². The number of carbonyl (C=O) groups is 1. The second kappa shape index (κ2) is 5.79. The van der Waals surface area contributed by atoms with Crippen LogP contribution in [0.2, 0.25) is 0 Å². The molecule has 0 bridgehead atoms. The van der Waals surface area contributed by atoms with Crippen LogP contribution in [-0.2, 0) is 16.1 Å². The summed E-state index contributed by atoms with van der Waals surface area (Å²) in [6.07, 6.45) is 1.01. The number of nitrogens with zero attached hydrogens (tertiary/aromatic N) is 1. The summed E-state index contributed by atoms with van der Waals surface area (Å²) in [7, 11) is 0. The lowest BCUT2D eigenvalue weighted by Gasteiger charge is -2.11. The summed E-state index contributed by atoms with van der Waals surface area (Å²) in [6.45, 7) is 0.682. The Labute approximate surface area is 120 Å². The fourth-order valence-corrected chi connectivity index (χ4v) is 2.48. The lowest BCUT2D eigenvalue weighted by atomic mass is 10.2. The van der Waals surface area contributed by atoms with Crippen LogP contribution in [0.4, 0.5) is 4.39 Å². The van der Waals surface area contributed by atoms with Crippen molar-refractivity contribution in [3.8, 4) is 0 Å². The quantitative estimate of drug-likeness (QED) is 0.778. The van der Waals surface area contributed by atoms with Gasteiger partial charge < -0.3 is 20.8 Å². The molecule has 1 fully saturated rings. The SMILES string of the molecule is NC[C@H]1CC[C@@H](C(=O)NCc2nc3ccc(F)cc3[nH]2)O1. The number of imidazole rings is 1. The van der Waals surface area contributed by atoms with Crippen LogP contribution in [0.25, 0.3) is 11.0 Å². The van der Waals surface area contributed by atoms with Gasteiger partial charge in [-0.05, 0) is 31.0 Å². The van der Waals surface area contributed by atoms with Crippen LogP contribution in [0.15, 0.2) is 18.2 Å². The lowest BCUT2D eigenvalue weighted by Crippen LogP contribution is -2.35. The minimum absolute atomic E-state index is 0.0325. The maximum absolute atomic E-state index is 13.1. The van der Waals surface area contributed by atoms with Gasteiger partial charge in [0.15, 0.2) is 0 Å². The molecule has 21 heavy (non-hydrogen) atoms. The number of fused-ring (bicyclic) bond motifs is 1. The van der Waals surface area contributed by atoms with Crippen LogP contribution < -0.4 is 11.1 Å². The van der Waals surface area contributed by atoms with E-state index in [1.165, 1.54) is 12.1 Å². The molecular formula is C14H17FN4O2. The van der Waals surface area contributed by atoms with Gasteiger partial charge in [0.25, 0.3) is 0 Å². The van der Waals surface area contributed by atoms with Gasteiger partial charge in [-0.3, -0.25) is 4.79 Å². The van der Waals surface area contributed by atoms with Crippen molar-refractivity contribution in [1.82, 2.24) is 15.3 Å². The van der Waals surface area contributed by atoms with E-state index in [9.17, 15) is 9.18 Å². The van der Waals surface area contributed by atoms with E-state index in [4.69, 9.17) is 10.5 Å². The molecule has 0 aliphatic carbocycles. The minimum atomic E-state index is -0.444. The molecule has 1 aliphatic heterocycles. The van der Waals surface area contributed by atoms with E-state index in [1.807, 2.05) is 0 Å². The number of ether oxygens (including phenoxy) is 1. The standard InChI is InChI=1S/C14H17FN4O2/c15-8-1-3-10-11(5-8)19-13(18-10)7-17-14(20)12-4-2-9(6-16)21-12/h1,3,5,9,12H,2,4,6-7,16H2,(H,17,20)(H,18,19)/t9-,12+/m1/s1. The van der Waals surface area contributed by atoms with Crippen LogP contribution in [0.1, 0.15) is 18.7 Å². The number of aromatic nitrogens is 2. The van der Waals surface area contributed by atoms with E-state index < -0.39 is 6.10 Å². The van der Waals surface area contributed by atoms with Crippen molar-refractivity contribution in [3.05, 3.63) is 29.8 Å². The summed E-state index contributed by atoms with van der Waals surface area (Å²) < 4.78 is 18.6. The van der Waals surface area contributed by atoms with E-state index in [1.54, 1.807) is 6.07 Å². The molecule has 1 aliphatic rings. The third kappa shape index (κ3) is 3.03. The summed E-state index contributed by atoms with van der Waals surface area (Å²) in [4.78, 5) is 19.2. The number of hydrogen-bond donors (Lipinski definition) is 3. The average Bonchev–Trinajstić information content (AvgIpc) is 3.10. The molecule has 2 heterocycles. The predicted octanol–water partition coefficient (Wildman–Crippen LogP) is 0.824. The Balaban J connectivity index is 1.60. The van der Waals surface area contributed by atoms with Gasteiger partial charge in [-0.15, -0.1) is 0 Å². The van der Waals surface area contributed by atoms with E-state index in [0.29, 0.717) is 29.8 Å². The normalized spacial score (nSPS) is 21.8. The first-order chi connectivity index (χ1) is 10.2. The first-order valence-corrected chi connectivity index (χ1v) is 6.93. The van der Waals surface area contributed by atoms with E-state index in [-0.39, 0.29) is 24.4 Å². The molecule has 2 aromatic rings. The highest BCUT2D eigenvalue weighted by molar-refractivity contribution is 5.81. The molecule has 6 nitrogen and oxygen atoms in total. The molecular weight excluding hydrogens is 275 g/mol. The highest BCUT2D eigenvalue weighted by Crippen LogP contribution is 2.19. The zero-order valence-corrected chi connectivity index (χ0v) is 11.4. The third-order valence-electron chi connectivity index (χ3n) is 3.59. The average molecular weight is 292 g/mol. The van der Waals surface area contributed by atoms with E-state index in [2.05, 4.69) is 15.3 Å². The summed E-state index contributed by atoms with van der Waals surface area (Å²) in [5.74, 6) is 0.0869. The molecule has 0 saturated carbocycles. The molecule has 2 atom stereocenters. The minimum Gasteiger partial charge on any atom is -0.364 e. The van der Waals surface area contributed by atoms with Crippen LogP contribution in [0, 0.1) is 5.82 Å². The van der Waals surface area contributed by atoms with Crippen LogP contribution in [-0.4, -0.2) is 34.6 Å². The number of halogens is 1. The summed E-state index contributed by atoms with van der Waals surface area (Å²) in [6, 6.07) is 4.32. The summed E-state index contributed by atoms with van der Waals surface area (Å²) in [5.41, 5.74) is 6.79. The number of hydrogen-bond acceptors (Lipinski definition) is 4. The fraction of sp³-hybridized carbons (Fsp3) is 0.429. The number of rotatable bonds is 4. The van der Waals surface area contributed by atoms with Crippen molar-refractivity contribution in [1.29, 1.82) is 0 Å². The molecule has 1 aromatic heterocycles. The number of H-pyrrole nitrogens is 1. The molecule has 1 saturated heterocycles. The molecule has 3 rings (SSSR count). The summed E-state index contributed by atoms with van der Waals surface area (Å²) >= 11 is 0. The van der Waals surface area contributed by atoms with Gasteiger partial charge >= 0.3 is 0 Å². The van der Waals surface area contributed by atoms with Gasteiger partial charge in [-0.2, -0.15) is 0 Å². The monoisotopic (exact) mass is 292 g/mol. The predicted molar refractivity (Wildman–Crippen MR) is 74.8 cm³/mol. The second-order valence-corrected chi connectivity index (χ2v) is 5.12. The van der Waals surface area contributed by atoms with Crippen LogP contribution in [0.3, 0.4) is 0 Å². The Morgan fingerprint density at radius 2 is 2.38 bits per heavy atom. The largest absolute Gasteiger partial charge is 0.364 e. The number of nitrogens with one attached hydrogen (secondary N) is 2. The van der Waals surface area contributed by atoms with Gasteiger partial charge in [0.1, 0.15) is 17.7 Å². The maximum atomic E-state index is 13.1. The van der Waals surface area contributed by atoms with Gasteiger partial charge in [0.05, 0.1) is 23.7 Å². The molecule has 7 heteroatoms. The Hall–Kier alpha value is -1.99. The highest BCUT2D eigenvalue weighted by Gasteiger charge is 2.29. The Kier molecular flexibility index (Phi) is 3.85. The first-order valence-electron chi connectivity index (χ1n) is 6.93.